The first kappa shape index (κ1) is 23.6. The standard InChI is InChI=1S/C20H11F2IN2O3.HNO2/c1-28-16-5-4-10(6-15(16)22)18-13(20(26)27)8-17(23)25-19(18)11-2-3-12(9-24)14(21)7-11;2-1-3/h2-8H,1H3,(H,26,27);(H,2,3). The summed E-state index contributed by atoms with van der Waals surface area (Å²) in [5.41, 5.74) is 0.563. The monoisotopic (exact) mass is 539 g/mol. The number of carbonyl (C=O) groups is 1. The van der Waals surface area contributed by atoms with E-state index in [1.165, 1.54) is 42.8 Å². The van der Waals surface area contributed by atoms with Gasteiger partial charge in [-0.3, -0.25) is 0 Å². The van der Waals surface area contributed by atoms with Gasteiger partial charge >= 0.3 is 5.97 Å². The third-order valence-electron chi connectivity index (χ3n) is 4.02. The van der Waals surface area contributed by atoms with E-state index in [4.69, 9.17) is 20.1 Å². The molecule has 0 fully saturated rings. The number of ether oxygens (including phenoxy) is 1. The number of nitrogens with zero attached hydrogens (tertiary/aromatic N) is 3. The topological polar surface area (TPSA) is 133 Å². The van der Waals surface area contributed by atoms with Crippen LogP contribution in [0, 0.1) is 31.6 Å². The van der Waals surface area contributed by atoms with Crippen molar-refractivity contribution in [3.05, 3.63) is 73.8 Å². The Morgan fingerprint density at radius 2 is 1.77 bits per heavy atom. The number of pyridine rings is 1. The summed E-state index contributed by atoms with van der Waals surface area (Å²) in [7, 11) is 1.32. The second-order valence-electron chi connectivity index (χ2n) is 5.76. The predicted molar refractivity (Wildman–Crippen MR) is 114 cm³/mol. The van der Waals surface area contributed by atoms with Crippen LogP contribution in [0.5, 0.6) is 5.75 Å². The van der Waals surface area contributed by atoms with Crippen LogP contribution in [0.2, 0.25) is 0 Å². The van der Waals surface area contributed by atoms with Crippen molar-refractivity contribution >= 4 is 28.6 Å². The van der Waals surface area contributed by atoms with Gasteiger partial charge in [0.1, 0.15) is 15.6 Å². The molecule has 2 N–H and O–H groups in total. The van der Waals surface area contributed by atoms with Gasteiger partial charge in [0.05, 0.1) is 23.9 Å². The summed E-state index contributed by atoms with van der Waals surface area (Å²) >= 11 is 1.85. The maximum atomic E-state index is 14.3. The number of aromatic carboxylic acids is 1. The Hall–Kier alpha value is -3.66. The number of aromatic nitrogens is 1. The van der Waals surface area contributed by atoms with Crippen LogP contribution < -0.4 is 4.74 Å². The van der Waals surface area contributed by atoms with E-state index in [0.717, 1.165) is 12.1 Å². The molecular formula is C20H12F2IN3O5. The lowest BCUT2D eigenvalue weighted by Crippen LogP contribution is -2.05. The highest BCUT2D eigenvalue weighted by molar-refractivity contribution is 14.1. The van der Waals surface area contributed by atoms with E-state index < -0.39 is 17.6 Å². The first-order valence-electron chi connectivity index (χ1n) is 8.21. The summed E-state index contributed by atoms with van der Waals surface area (Å²) in [5, 5.41) is 26.5. The number of hydrogen-bond acceptors (Lipinski definition) is 6. The molecule has 0 aliphatic heterocycles. The highest BCUT2D eigenvalue weighted by atomic mass is 127. The van der Waals surface area contributed by atoms with Crippen LogP contribution in [-0.2, 0) is 0 Å². The van der Waals surface area contributed by atoms with Crippen LogP contribution in [0.3, 0.4) is 0 Å². The summed E-state index contributed by atoms with van der Waals surface area (Å²) in [4.78, 5) is 24.3. The minimum Gasteiger partial charge on any atom is -0.494 e. The Kier molecular flexibility index (Phi) is 7.92. The van der Waals surface area contributed by atoms with E-state index in [0.29, 0.717) is 3.70 Å². The van der Waals surface area contributed by atoms with Gasteiger partial charge in [-0.2, -0.15) is 5.26 Å². The number of benzene rings is 2. The molecule has 2 aromatic carbocycles. The molecule has 1 aromatic heterocycles. The maximum absolute atomic E-state index is 14.3. The summed E-state index contributed by atoms with van der Waals surface area (Å²) in [6.07, 6.45) is 0. The number of rotatable bonds is 4. The van der Waals surface area contributed by atoms with Gasteiger partial charge in [-0.15, -0.1) is 4.91 Å². The van der Waals surface area contributed by atoms with Gasteiger partial charge < -0.3 is 15.1 Å². The molecule has 8 nitrogen and oxygen atoms in total. The molecule has 158 valence electrons. The summed E-state index contributed by atoms with van der Waals surface area (Å²) in [6, 6.07) is 10.9. The van der Waals surface area contributed by atoms with Gasteiger partial charge in [-0.1, -0.05) is 12.1 Å². The molecule has 1 heterocycles. The smallest absolute Gasteiger partial charge is 0.336 e. The number of nitriles is 1. The lowest BCUT2D eigenvalue weighted by Gasteiger charge is -2.14. The highest BCUT2D eigenvalue weighted by Gasteiger charge is 2.21. The molecule has 11 heteroatoms. The molecule has 31 heavy (non-hydrogen) atoms. The third-order valence-corrected chi connectivity index (χ3v) is 4.57. The quantitative estimate of drug-likeness (QED) is 0.206. The molecule has 0 aliphatic carbocycles. The van der Waals surface area contributed by atoms with E-state index >= 15 is 0 Å². The first-order valence-corrected chi connectivity index (χ1v) is 9.29. The zero-order chi connectivity index (χ0) is 23.1. The van der Waals surface area contributed by atoms with Crippen molar-refractivity contribution < 1.29 is 28.6 Å². The molecule has 0 unspecified atom stereocenters. The van der Waals surface area contributed by atoms with Crippen LogP contribution in [0.1, 0.15) is 15.9 Å². The first-order chi connectivity index (χ1) is 14.8. The number of methoxy groups -OCH3 is 1. The third kappa shape index (κ3) is 5.28. The molecule has 0 bridgehead atoms. The second kappa shape index (κ2) is 10.4. The summed E-state index contributed by atoms with van der Waals surface area (Å²) in [5.74, 6) is -2.66. The maximum Gasteiger partial charge on any atom is 0.336 e. The largest absolute Gasteiger partial charge is 0.494 e. The van der Waals surface area contributed by atoms with Gasteiger partial charge in [0, 0.05) is 11.1 Å². The molecule has 0 amide bonds. The van der Waals surface area contributed by atoms with Crippen LogP contribution in [-0.4, -0.2) is 28.4 Å². The minimum atomic E-state index is -1.23. The fourth-order valence-corrected chi connectivity index (χ4v) is 3.31. The lowest BCUT2D eigenvalue weighted by molar-refractivity contribution is 0.0697. The van der Waals surface area contributed by atoms with Crippen molar-refractivity contribution in [2.75, 3.05) is 7.11 Å². The normalized spacial score (nSPS) is 9.77. The summed E-state index contributed by atoms with van der Waals surface area (Å²) in [6.45, 7) is 0. The molecule has 0 spiro atoms. The van der Waals surface area contributed by atoms with Crippen LogP contribution in [0.4, 0.5) is 8.78 Å². The average molecular weight is 539 g/mol. The van der Waals surface area contributed by atoms with Crippen molar-refractivity contribution in [3.63, 3.8) is 0 Å². The molecule has 0 saturated heterocycles. The van der Waals surface area contributed by atoms with Gasteiger partial charge in [0.15, 0.2) is 16.9 Å². The molecule has 3 aromatic rings. The number of halogens is 3. The fourth-order valence-electron chi connectivity index (χ4n) is 2.76. The van der Waals surface area contributed by atoms with E-state index in [1.54, 1.807) is 6.07 Å². The Morgan fingerprint density at radius 1 is 1.16 bits per heavy atom. The van der Waals surface area contributed by atoms with E-state index in [9.17, 15) is 18.7 Å². The second-order valence-corrected chi connectivity index (χ2v) is 6.86. The Morgan fingerprint density at radius 3 is 2.29 bits per heavy atom. The van der Waals surface area contributed by atoms with Crippen LogP contribution in [0.15, 0.2) is 47.8 Å². The minimum absolute atomic E-state index is 0.00469. The van der Waals surface area contributed by atoms with E-state index in [2.05, 4.69) is 4.98 Å². The van der Waals surface area contributed by atoms with Gasteiger partial charge in [0.2, 0.25) is 0 Å². The van der Waals surface area contributed by atoms with Crippen molar-refractivity contribution in [2.45, 2.75) is 0 Å². The average Bonchev–Trinajstić information content (AvgIpc) is 2.73. The Bertz CT molecular complexity index is 1200. The van der Waals surface area contributed by atoms with E-state index in [-0.39, 0.29) is 39.3 Å². The molecule has 0 radical (unpaired) electrons. The SMILES string of the molecule is COc1ccc(-c2c(C(=O)O)cc(I)nc2-c2ccc(C#N)c(F)c2)cc1F.O=NO. The van der Waals surface area contributed by atoms with Gasteiger partial charge in [-0.05, 0) is 58.5 Å². The molecule has 3 rings (SSSR count). The Labute approximate surface area is 187 Å². The Balaban J connectivity index is 0.00000107. The molecule has 0 saturated carbocycles. The lowest BCUT2D eigenvalue weighted by atomic mass is 9.94. The van der Waals surface area contributed by atoms with Crippen molar-refractivity contribution in [3.8, 4) is 34.2 Å². The van der Waals surface area contributed by atoms with Crippen LogP contribution >= 0.6 is 22.6 Å². The van der Waals surface area contributed by atoms with Crippen molar-refractivity contribution in [1.29, 1.82) is 5.26 Å². The summed E-state index contributed by atoms with van der Waals surface area (Å²) < 4.78 is 33.7. The zero-order valence-electron chi connectivity index (χ0n) is 15.6. The van der Waals surface area contributed by atoms with Gasteiger partial charge in [-0.25, -0.2) is 18.6 Å². The molecule has 0 aliphatic rings. The molecular weight excluding hydrogens is 527 g/mol. The van der Waals surface area contributed by atoms with Crippen molar-refractivity contribution in [2.24, 2.45) is 5.34 Å². The van der Waals surface area contributed by atoms with Crippen LogP contribution in [0.25, 0.3) is 22.4 Å². The zero-order valence-corrected chi connectivity index (χ0v) is 17.8. The predicted octanol–water partition coefficient (Wildman–Crippen LogP) is 5.02. The fraction of sp³-hybridized carbons (Fsp3) is 0.0500. The number of carboxylic acid groups (broad SMARTS) is 1. The van der Waals surface area contributed by atoms with Crippen molar-refractivity contribution in [1.82, 2.24) is 4.98 Å². The molecule has 0 atom stereocenters. The van der Waals surface area contributed by atoms with Gasteiger partial charge in [0.25, 0.3) is 0 Å². The number of hydrogen-bond donors (Lipinski definition) is 2. The van der Waals surface area contributed by atoms with E-state index in [1.807, 2.05) is 22.6 Å². The highest BCUT2D eigenvalue weighted by Crippen LogP contribution is 2.36. The number of carboxylic acids is 1.